The van der Waals surface area contributed by atoms with Crippen molar-refractivity contribution in [3.05, 3.63) is 33.8 Å². The van der Waals surface area contributed by atoms with Crippen molar-refractivity contribution in [3.8, 4) is 11.4 Å². The molecular weight excluding hydrogens is 225 g/mol. The number of hydrogen-bond donors (Lipinski definition) is 2. The summed E-state index contributed by atoms with van der Waals surface area (Å²) in [4.78, 5) is 3.95. The minimum atomic E-state index is -0.480. The van der Waals surface area contributed by atoms with E-state index in [0.29, 0.717) is 16.2 Å². The quantitative estimate of drug-likeness (QED) is 0.739. The number of aromatic nitrogens is 3. The molecule has 0 spiro atoms. The first-order chi connectivity index (χ1) is 6.66. The molecule has 0 unspecified atom stereocenters. The molecule has 0 saturated heterocycles. The summed E-state index contributed by atoms with van der Waals surface area (Å²) in [7, 11) is 0. The molecule has 2 rings (SSSR count). The van der Waals surface area contributed by atoms with E-state index in [0.717, 1.165) is 0 Å². The largest absolute Gasteiger partial charge is 0.282 e. The highest BCUT2D eigenvalue weighted by Crippen LogP contribution is 2.20. The van der Waals surface area contributed by atoms with Gasteiger partial charge in [0.05, 0.1) is 5.02 Å². The lowest BCUT2D eigenvalue weighted by atomic mass is 10.2. The summed E-state index contributed by atoms with van der Waals surface area (Å²) in [5.74, 6) is 0.0112. The van der Waals surface area contributed by atoms with Crippen molar-refractivity contribution in [1.82, 2.24) is 15.2 Å². The SMILES string of the molecule is Fc1cc(-c2nc(=S)[nH][nH]2)ccc1Cl. The molecule has 0 radical (unpaired) electrons. The summed E-state index contributed by atoms with van der Waals surface area (Å²) in [5.41, 5.74) is 0.597. The van der Waals surface area contributed by atoms with E-state index in [4.69, 9.17) is 23.8 Å². The molecule has 1 heterocycles. The summed E-state index contributed by atoms with van der Waals surface area (Å²) in [6.07, 6.45) is 0. The molecule has 0 aliphatic rings. The molecule has 0 saturated carbocycles. The summed E-state index contributed by atoms with van der Waals surface area (Å²) in [6.45, 7) is 0. The first-order valence-corrected chi connectivity index (χ1v) is 4.55. The normalized spacial score (nSPS) is 10.4. The Balaban J connectivity index is 2.52. The van der Waals surface area contributed by atoms with Gasteiger partial charge in [0.1, 0.15) is 5.82 Å². The number of nitrogens with one attached hydrogen (secondary N) is 2. The molecule has 14 heavy (non-hydrogen) atoms. The third-order valence-electron chi connectivity index (χ3n) is 1.69. The van der Waals surface area contributed by atoms with Gasteiger partial charge in [-0.25, -0.2) is 4.39 Å². The molecule has 0 amide bonds. The maximum absolute atomic E-state index is 13.1. The highest BCUT2D eigenvalue weighted by molar-refractivity contribution is 7.71. The van der Waals surface area contributed by atoms with Crippen molar-refractivity contribution in [2.75, 3.05) is 0 Å². The highest BCUT2D eigenvalue weighted by Gasteiger charge is 2.04. The Labute approximate surface area is 88.9 Å². The van der Waals surface area contributed by atoms with Crippen LogP contribution in [0.15, 0.2) is 18.2 Å². The van der Waals surface area contributed by atoms with Crippen LogP contribution in [0.3, 0.4) is 0 Å². The maximum atomic E-state index is 13.1. The molecule has 72 valence electrons. The molecule has 0 fully saturated rings. The third kappa shape index (κ3) is 1.69. The van der Waals surface area contributed by atoms with Crippen molar-refractivity contribution in [2.24, 2.45) is 0 Å². The summed E-state index contributed by atoms with van der Waals surface area (Å²) < 4.78 is 13.4. The average molecular weight is 230 g/mol. The van der Waals surface area contributed by atoms with Gasteiger partial charge < -0.3 is 0 Å². The number of halogens is 2. The minimum Gasteiger partial charge on any atom is -0.282 e. The number of H-pyrrole nitrogens is 2. The van der Waals surface area contributed by atoms with Crippen LogP contribution in [-0.4, -0.2) is 15.2 Å². The van der Waals surface area contributed by atoms with Gasteiger partial charge >= 0.3 is 0 Å². The zero-order valence-electron chi connectivity index (χ0n) is 6.84. The van der Waals surface area contributed by atoms with Gasteiger partial charge in [0.25, 0.3) is 0 Å². The van der Waals surface area contributed by atoms with Gasteiger partial charge in [-0.1, -0.05) is 11.6 Å². The van der Waals surface area contributed by atoms with E-state index in [9.17, 15) is 4.39 Å². The number of aromatic amines is 2. The molecule has 3 nitrogen and oxygen atoms in total. The zero-order chi connectivity index (χ0) is 10.1. The van der Waals surface area contributed by atoms with Gasteiger partial charge in [-0.05, 0) is 30.4 Å². The highest BCUT2D eigenvalue weighted by atomic mass is 35.5. The predicted octanol–water partition coefficient (Wildman–Crippen LogP) is 2.93. The van der Waals surface area contributed by atoms with E-state index >= 15 is 0 Å². The van der Waals surface area contributed by atoms with Crippen molar-refractivity contribution in [2.45, 2.75) is 0 Å². The van der Waals surface area contributed by atoms with E-state index in [1.807, 2.05) is 0 Å². The molecule has 2 N–H and O–H groups in total. The smallest absolute Gasteiger partial charge is 0.213 e. The maximum Gasteiger partial charge on any atom is 0.213 e. The van der Waals surface area contributed by atoms with Gasteiger partial charge in [0, 0.05) is 5.56 Å². The van der Waals surface area contributed by atoms with Crippen LogP contribution in [0.5, 0.6) is 0 Å². The van der Waals surface area contributed by atoms with Crippen LogP contribution >= 0.6 is 23.8 Å². The second-order valence-corrected chi connectivity index (χ2v) is 3.44. The molecule has 0 atom stereocenters. The first kappa shape index (κ1) is 9.36. The average Bonchev–Trinajstić information content (AvgIpc) is 2.57. The van der Waals surface area contributed by atoms with Gasteiger partial charge in [-0.3, -0.25) is 10.2 Å². The molecule has 6 heteroatoms. The fourth-order valence-electron chi connectivity index (χ4n) is 1.05. The fraction of sp³-hybridized carbons (Fsp3) is 0. The summed E-state index contributed by atoms with van der Waals surface area (Å²) >= 11 is 10.3. The van der Waals surface area contributed by atoms with E-state index in [1.54, 1.807) is 6.07 Å². The minimum absolute atomic E-state index is 0.0860. The number of benzene rings is 1. The third-order valence-corrected chi connectivity index (χ3v) is 2.19. The second-order valence-electron chi connectivity index (χ2n) is 2.64. The lowest BCUT2D eigenvalue weighted by Crippen LogP contribution is -1.83. The van der Waals surface area contributed by atoms with Crippen LogP contribution in [0, 0.1) is 10.6 Å². The number of rotatable bonds is 1. The molecular formula is C8H5ClFN3S. The number of nitrogens with zero attached hydrogens (tertiary/aromatic N) is 1. The molecule has 2 aromatic rings. The van der Waals surface area contributed by atoms with Crippen LogP contribution in [0.2, 0.25) is 5.02 Å². The Morgan fingerprint density at radius 1 is 1.36 bits per heavy atom. The van der Waals surface area contributed by atoms with E-state index < -0.39 is 5.82 Å². The number of hydrogen-bond acceptors (Lipinski definition) is 2. The Bertz CT molecular complexity index is 519. The standard InChI is InChI=1S/C8H5ClFN3S/c9-5-2-1-4(3-6(5)10)7-11-8(14)13-12-7/h1-3H,(H2,11,12,13,14). The van der Waals surface area contributed by atoms with Gasteiger partial charge in [-0.15, -0.1) is 0 Å². The van der Waals surface area contributed by atoms with Crippen LogP contribution < -0.4 is 0 Å². The Morgan fingerprint density at radius 3 is 2.71 bits per heavy atom. The molecule has 0 aliphatic carbocycles. The van der Waals surface area contributed by atoms with Crippen molar-refractivity contribution in [1.29, 1.82) is 0 Å². The van der Waals surface area contributed by atoms with Crippen LogP contribution in [-0.2, 0) is 0 Å². The summed E-state index contributed by atoms with van der Waals surface area (Å²) in [6, 6.07) is 4.43. The van der Waals surface area contributed by atoms with E-state index in [2.05, 4.69) is 15.2 Å². The molecule has 1 aromatic heterocycles. The van der Waals surface area contributed by atoms with E-state index in [-0.39, 0.29) is 5.02 Å². The molecule has 1 aromatic carbocycles. The van der Waals surface area contributed by atoms with Gasteiger partial charge in [0.2, 0.25) is 4.77 Å². The molecule has 0 aliphatic heterocycles. The Morgan fingerprint density at radius 2 is 2.14 bits per heavy atom. The lowest BCUT2D eigenvalue weighted by molar-refractivity contribution is 0.628. The topological polar surface area (TPSA) is 44.5 Å². The van der Waals surface area contributed by atoms with Crippen molar-refractivity contribution >= 4 is 23.8 Å². The fourth-order valence-corrected chi connectivity index (χ4v) is 1.31. The van der Waals surface area contributed by atoms with Crippen LogP contribution in [0.4, 0.5) is 4.39 Å². The Hall–Kier alpha value is -1.20. The van der Waals surface area contributed by atoms with Crippen molar-refractivity contribution < 1.29 is 4.39 Å². The van der Waals surface area contributed by atoms with E-state index in [1.165, 1.54) is 12.1 Å². The lowest BCUT2D eigenvalue weighted by Gasteiger charge is -1.97. The Kier molecular flexibility index (Phi) is 2.35. The predicted molar refractivity (Wildman–Crippen MR) is 54.2 cm³/mol. The van der Waals surface area contributed by atoms with Gasteiger partial charge in [-0.2, -0.15) is 4.98 Å². The monoisotopic (exact) mass is 229 g/mol. The van der Waals surface area contributed by atoms with Crippen LogP contribution in [0.1, 0.15) is 0 Å². The zero-order valence-corrected chi connectivity index (χ0v) is 8.42. The van der Waals surface area contributed by atoms with Crippen LogP contribution in [0.25, 0.3) is 11.4 Å². The van der Waals surface area contributed by atoms with Crippen molar-refractivity contribution in [3.63, 3.8) is 0 Å². The van der Waals surface area contributed by atoms with Gasteiger partial charge in [0.15, 0.2) is 5.82 Å². The second kappa shape index (κ2) is 3.51. The first-order valence-electron chi connectivity index (χ1n) is 3.77. The summed E-state index contributed by atoms with van der Waals surface area (Å²) in [5, 5.41) is 5.43. The molecule has 0 bridgehead atoms.